The first-order valence-electron chi connectivity index (χ1n) is 21.9. The third kappa shape index (κ3) is 12.9. The Bertz CT molecular complexity index is 2710. The van der Waals surface area contributed by atoms with Gasteiger partial charge in [-0.05, 0) is 67.4 Å². The number of hydrogen-bond donors (Lipinski definition) is 6. The SMILES string of the molecule is O=C1COc2ccc(cc2)C[C@@H](C(=O)N[C@@H](Cc2ccccc2)c2nnn[nH]2)NC(=O)[C@H](Cc2ccccc2)NC(=O)[C@@H](Cc2ccc(-c3ccccc3)cc2)NC(=O)[C@H](Cc2cccs2)N1. The lowest BCUT2D eigenvalue weighted by Gasteiger charge is -2.27. The number of carbonyl (C=O) groups excluding carboxylic acids is 5. The first-order valence-corrected chi connectivity index (χ1v) is 22.8. The number of benzene rings is 5. The first-order chi connectivity index (χ1) is 32.7. The second-order valence-electron chi connectivity index (χ2n) is 16.2. The van der Waals surface area contributed by atoms with Crippen molar-refractivity contribution in [3.63, 3.8) is 0 Å². The highest BCUT2D eigenvalue weighted by atomic mass is 32.1. The summed E-state index contributed by atoms with van der Waals surface area (Å²) in [4.78, 5) is 72.7. The molecule has 5 atom stereocenters. The molecular weight excluding hydrogens is 867 g/mol. The van der Waals surface area contributed by atoms with Crippen LogP contribution in [0.25, 0.3) is 11.1 Å². The van der Waals surface area contributed by atoms with E-state index in [9.17, 15) is 24.0 Å². The van der Waals surface area contributed by atoms with Crippen LogP contribution in [0.4, 0.5) is 0 Å². The maximum atomic E-state index is 14.8. The van der Waals surface area contributed by atoms with Gasteiger partial charge in [0.15, 0.2) is 12.4 Å². The quantitative estimate of drug-likeness (QED) is 0.0944. The Morgan fingerprint density at radius 2 is 1.21 bits per heavy atom. The van der Waals surface area contributed by atoms with Crippen LogP contribution < -0.4 is 31.3 Å². The fourth-order valence-electron chi connectivity index (χ4n) is 7.83. The number of nitrogens with one attached hydrogen (secondary N) is 6. The van der Waals surface area contributed by atoms with Crippen LogP contribution in [-0.2, 0) is 56.1 Å². The summed E-state index contributed by atoms with van der Waals surface area (Å²) in [5.74, 6) is -2.25. The second-order valence-corrected chi connectivity index (χ2v) is 17.3. The van der Waals surface area contributed by atoms with Crippen molar-refractivity contribution in [3.8, 4) is 16.9 Å². The number of ether oxygens (including phenoxy) is 1. The minimum absolute atomic E-state index is 0.0408. The lowest BCUT2D eigenvalue weighted by Crippen LogP contribution is -2.59. The molecule has 2 aliphatic rings. The maximum absolute atomic E-state index is 14.8. The molecule has 5 amide bonds. The van der Waals surface area contributed by atoms with E-state index in [2.05, 4.69) is 47.2 Å². The van der Waals surface area contributed by atoms with Gasteiger partial charge in [0.25, 0.3) is 5.91 Å². The predicted molar refractivity (Wildman–Crippen MR) is 252 cm³/mol. The molecule has 2 aliphatic heterocycles. The highest BCUT2D eigenvalue weighted by Gasteiger charge is 2.33. The van der Waals surface area contributed by atoms with Crippen molar-refractivity contribution in [2.75, 3.05) is 6.61 Å². The average Bonchev–Trinajstić information content (AvgIpc) is 4.10. The molecule has 0 saturated carbocycles. The van der Waals surface area contributed by atoms with E-state index in [1.54, 1.807) is 24.3 Å². The van der Waals surface area contributed by atoms with Gasteiger partial charge in [0, 0.05) is 37.0 Å². The number of aromatic amines is 1. The lowest BCUT2D eigenvalue weighted by atomic mass is 9.98. The van der Waals surface area contributed by atoms with Crippen LogP contribution in [0.2, 0.25) is 0 Å². The van der Waals surface area contributed by atoms with E-state index in [0.717, 1.165) is 32.7 Å². The summed E-state index contributed by atoms with van der Waals surface area (Å²) in [6.07, 6.45) is 0.646. The van der Waals surface area contributed by atoms with E-state index in [1.165, 1.54) is 11.3 Å². The Morgan fingerprint density at radius 1 is 0.627 bits per heavy atom. The zero-order chi connectivity index (χ0) is 46.4. The predicted octanol–water partition coefficient (Wildman–Crippen LogP) is 4.63. The zero-order valence-corrected chi connectivity index (χ0v) is 37.2. The van der Waals surface area contributed by atoms with Gasteiger partial charge in [-0.3, -0.25) is 24.0 Å². The molecule has 5 aromatic carbocycles. The number of tetrazole rings is 1. The fourth-order valence-corrected chi connectivity index (χ4v) is 8.58. The van der Waals surface area contributed by atoms with Crippen LogP contribution >= 0.6 is 11.3 Å². The number of amides is 5. The maximum Gasteiger partial charge on any atom is 0.258 e. The molecule has 0 fully saturated rings. The van der Waals surface area contributed by atoms with Gasteiger partial charge in [-0.1, -0.05) is 133 Å². The topological polar surface area (TPSA) is 209 Å². The number of hydrogen-bond acceptors (Lipinski definition) is 10. The van der Waals surface area contributed by atoms with Crippen molar-refractivity contribution in [2.24, 2.45) is 0 Å². The second kappa shape index (κ2) is 22.3. The van der Waals surface area contributed by atoms with E-state index < -0.39 is 66.4 Å². The monoisotopic (exact) mass is 915 g/mol. The van der Waals surface area contributed by atoms with Crippen LogP contribution in [0.15, 0.2) is 157 Å². The number of thiophene rings is 1. The Kier molecular flexibility index (Phi) is 15.2. The standard InChI is InChI=1S/C51H49N9O6S/c61-46-32-66-39-24-20-36(21-25-39)30-43(48(62)53-41(47-57-59-60-58-47)27-33-11-4-1-5-12-33)55-49(63)42(28-34-13-6-2-7-14-34)54-50(64)44(56-51(65)45(52-46)31-40-17-10-26-67-40)29-35-18-22-38(23-19-35)37-15-8-3-9-16-37/h1-26,41-45H,27-32H2,(H,52,61)(H,53,62)(H,54,64)(H,55,63)(H,56,65)(H,57,58,59,60)/t41-,42-,43-,44+,45-/m0/s1. The van der Waals surface area contributed by atoms with Gasteiger partial charge in [0.1, 0.15) is 29.9 Å². The van der Waals surface area contributed by atoms with Crippen molar-refractivity contribution in [2.45, 2.75) is 62.3 Å². The Labute approximate surface area is 391 Å². The Balaban J connectivity index is 1.13. The molecule has 16 heteroatoms. The third-order valence-electron chi connectivity index (χ3n) is 11.3. The van der Waals surface area contributed by atoms with E-state index in [0.29, 0.717) is 23.6 Å². The van der Waals surface area contributed by atoms with Crippen LogP contribution in [-0.4, -0.2) is 80.9 Å². The van der Waals surface area contributed by atoms with Crippen LogP contribution in [0.5, 0.6) is 5.75 Å². The minimum Gasteiger partial charge on any atom is -0.484 e. The highest BCUT2D eigenvalue weighted by molar-refractivity contribution is 7.09. The molecule has 15 nitrogen and oxygen atoms in total. The van der Waals surface area contributed by atoms with Crippen LogP contribution in [0.1, 0.15) is 39.0 Å². The van der Waals surface area contributed by atoms with Crippen LogP contribution in [0, 0.1) is 0 Å². The smallest absolute Gasteiger partial charge is 0.258 e. The van der Waals surface area contributed by atoms with E-state index >= 15 is 0 Å². The molecule has 4 heterocycles. The van der Waals surface area contributed by atoms with Gasteiger partial charge >= 0.3 is 0 Å². The minimum atomic E-state index is -1.21. The van der Waals surface area contributed by atoms with Gasteiger partial charge in [0.2, 0.25) is 23.6 Å². The van der Waals surface area contributed by atoms with Crippen molar-refractivity contribution < 1.29 is 28.7 Å². The summed E-state index contributed by atoms with van der Waals surface area (Å²) < 4.78 is 5.85. The molecule has 0 unspecified atom stereocenters. The number of nitrogens with zero attached hydrogens (tertiary/aromatic N) is 3. The largest absolute Gasteiger partial charge is 0.484 e. The van der Waals surface area contributed by atoms with E-state index in [-0.39, 0.29) is 25.7 Å². The van der Waals surface area contributed by atoms with Crippen molar-refractivity contribution in [3.05, 3.63) is 190 Å². The van der Waals surface area contributed by atoms with Crippen molar-refractivity contribution >= 4 is 40.9 Å². The molecule has 7 aromatic rings. The zero-order valence-electron chi connectivity index (χ0n) is 36.3. The number of carbonyl (C=O) groups is 5. The molecule has 6 N–H and O–H groups in total. The number of H-pyrrole nitrogens is 1. The molecule has 0 spiro atoms. The Hall–Kier alpha value is -7.98. The summed E-state index contributed by atoms with van der Waals surface area (Å²) in [7, 11) is 0. The molecule has 2 bridgehead atoms. The molecular formula is C51H49N9O6S. The number of aromatic nitrogens is 4. The summed E-state index contributed by atoms with van der Waals surface area (Å²) in [5, 5.41) is 30.9. The molecule has 67 heavy (non-hydrogen) atoms. The normalized spacial score (nSPS) is 18.7. The van der Waals surface area contributed by atoms with E-state index in [1.807, 2.05) is 133 Å². The van der Waals surface area contributed by atoms with Gasteiger partial charge in [0.05, 0.1) is 6.04 Å². The fraction of sp³-hybridized carbons (Fsp3) is 0.216. The first kappa shape index (κ1) is 45.6. The molecule has 0 saturated heterocycles. The lowest BCUT2D eigenvalue weighted by molar-refractivity contribution is -0.134. The third-order valence-corrected chi connectivity index (χ3v) is 12.2. The highest BCUT2D eigenvalue weighted by Crippen LogP contribution is 2.21. The molecule has 0 aliphatic carbocycles. The molecule has 9 rings (SSSR count). The molecule has 2 aromatic heterocycles. The van der Waals surface area contributed by atoms with Gasteiger partial charge in [-0.25, -0.2) is 5.10 Å². The van der Waals surface area contributed by atoms with E-state index in [4.69, 9.17) is 4.74 Å². The van der Waals surface area contributed by atoms with Crippen molar-refractivity contribution in [1.82, 2.24) is 47.2 Å². The van der Waals surface area contributed by atoms with Gasteiger partial charge < -0.3 is 31.3 Å². The average molecular weight is 916 g/mol. The summed E-state index contributed by atoms with van der Waals surface area (Å²) >= 11 is 1.44. The molecule has 0 radical (unpaired) electrons. The summed E-state index contributed by atoms with van der Waals surface area (Å²) in [6, 6.07) is 41.4. The number of fused-ring (bicyclic) bond motifs is 16. The van der Waals surface area contributed by atoms with Gasteiger partial charge in [-0.15, -0.1) is 16.4 Å². The van der Waals surface area contributed by atoms with Gasteiger partial charge in [-0.2, -0.15) is 0 Å². The van der Waals surface area contributed by atoms with Crippen LogP contribution in [0.3, 0.4) is 0 Å². The molecule has 340 valence electrons. The van der Waals surface area contributed by atoms with Crippen molar-refractivity contribution in [1.29, 1.82) is 0 Å². The summed E-state index contributed by atoms with van der Waals surface area (Å²) in [6.45, 7) is -0.396. The number of rotatable bonds is 12. The Morgan fingerprint density at radius 3 is 1.82 bits per heavy atom. The summed E-state index contributed by atoms with van der Waals surface area (Å²) in [5.41, 5.74) is 5.05.